The van der Waals surface area contributed by atoms with Crippen LogP contribution in [0.3, 0.4) is 0 Å². The molecule has 102 valence electrons. The minimum Gasteiger partial charge on any atom is -0.319 e. The Morgan fingerprint density at radius 1 is 1.47 bits per heavy atom. The molecular weight excluding hydrogens is 280 g/mol. The van der Waals surface area contributed by atoms with Gasteiger partial charge in [0, 0.05) is 23.7 Å². The van der Waals surface area contributed by atoms with Crippen LogP contribution in [0.25, 0.3) is 11.0 Å². The maximum atomic E-state index is 11.0. The van der Waals surface area contributed by atoms with Gasteiger partial charge in [-0.2, -0.15) is 0 Å². The van der Waals surface area contributed by atoms with Crippen molar-refractivity contribution in [2.24, 2.45) is 0 Å². The molecule has 0 amide bonds. The first-order valence-corrected chi connectivity index (χ1v) is 7.76. The fraction of sp³-hybridized carbons (Fsp3) is 0.429. The molecular formula is C14H17ClN2OS. The lowest BCUT2D eigenvalue weighted by molar-refractivity contribution is -0.116. The van der Waals surface area contributed by atoms with E-state index in [0.717, 1.165) is 34.9 Å². The van der Waals surface area contributed by atoms with Gasteiger partial charge < -0.3 is 4.57 Å². The van der Waals surface area contributed by atoms with Crippen molar-refractivity contribution in [3.8, 4) is 0 Å². The molecule has 0 aliphatic heterocycles. The first kappa shape index (κ1) is 14.4. The van der Waals surface area contributed by atoms with Crippen molar-refractivity contribution in [2.45, 2.75) is 38.4 Å². The number of benzene rings is 1. The van der Waals surface area contributed by atoms with Crippen molar-refractivity contribution in [1.82, 2.24) is 9.55 Å². The van der Waals surface area contributed by atoms with Crippen molar-refractivity contribution in [3.63, 3.8) is 0 Å². The van der Waals surface area contributed by atoms with Gasteiger partial charge in [-0.15, -0.1) is 0 Å². The Bertz CT molecular complexity index is 594. The molecule has 3 nitrogen and oxygen atoms in total. The monoisotopic (exact) mass is 296 g/mol. The Kier molecular flexibility index (Phi) is 4.88. The summed E-state index contributed by atoms with van der Waals surface area (Å²) in [4.78, 5) is 15.6. The van der Waals surface area contributed by atoms with Gasteiger partial charge >= 0.3 is 0 Å². The van der Waals surface area contributed by atoms with Crippen LogP contribution in [-0.2, 0) is 11.3 Å². The summed E-state index contributed by atoms with van der Waals surface area (Å²) < 4.78 is 2.20. The van der Waals surface area contributed by atoms with E-state index in [9.17, 15) is 4.79 Å². The van der Waals surface area contributed by atoms with E-state index in [1.54, 1.807) is 18.7 Å². The highest BCUT2D eigenvalue weighted by atomic mass is 35.5. The first-order valence-electron chi connectivity index (χ1n) is 6.40. The predicted octanol–water partition coefficient (Wildman–Crippen LogP) is 4.17. The average molecular weight is 297 g/mol. The van der Waals surface area contributed by atoms with Crippen LogP contribution in [0.5, 0.6) is 0 Å². The summed E-state index contributed by atoms with van der Waals surface area (Å²) in [6.45, 7) is 4.70. The van der Waals surface area contributed by atoms with E-state index in [1.807, 2.05) is 18.2 Å². The molecule has 0 saturated heterocycles. The fourth-order valence-electron chi connectivity index (χ4n) is 1.92. The third kappa shape index (κ3) is 3.51. The van der Waals surface area contributed by atoms with Crippen LogP contribution in [-0.4, -0.2) is 21.1 Å². The molecule has 0 saturated carbocycles. The summed E-state index contributed by atoms with van der Waals surface area (Å²) in [5, 5.41) is 1.68. The zero-order valence-electron chi connectivity index (χ0n) is 11.1. The van der Waals surface area contributed by atoms with Gasteiger partial charge in [-0.05, 0) is 31.5 Å². The Hall–Kier alpha value is -1.00. The molecule has 0 fully saturated rings. The summed E-state index contributed by atoms with van der Waals surface area (Å²) in [6.07, 6.45) is 1.63. The predicted molar refractivity (Wildman–Crippen MR) is 81.1 cm³/mol. The summed E-state index contributed by atoms with van der Waals surface area (Å²) in [5.41, 5.74) is 2.03. The Balaban J connectivity index is 2.30. The number of thioether (sulfide) groups is 1. The summed E-state index contributed by atoms with van der Waals surface area (Å²) in [5.74, 6) is 0.990. The number of halogens is 1. The van der Waals surface area contributed by atoms with E-state index < -0.39 is 0 Å². The third-order valence-corrected chi connectivity index (χ3v) is 4.02. The second-order valence-corrected chi connectivity index (χ2v) is 5.98. The molecule has 0 unspecified atom stereocenters. The second-order valence-electron chi connectivity index (χ2n) is 4.48. The molecule has 0 atom stereocenters. The number of fused-ring (bicyclic) bond motifs is 1. The standard InChI is InChI=1S/C14H17ClN2OS/c1-3-7-17-13-5-4-11(15)9-12(13)16-14(17)19-8-6-10(2)18/h4-5,9H,3,6-8H2,1-2H3. The van der Waals surface area contributed by atoms with Crippen molar-refractivity contribution in [1.29, 1.82) is 0 Å². The molecule has 0 spiro atoms. The molecule has 1 aromatic heterocycles. The number of carbonyl (C=O) groups excluding carboxylic acids is 1. The lowest BCUT2D eigenvalue weighted by Crippen LogP contribution is -2.00. The van der Waals surface area contributed by atoms with Crippen LogP contribution in [0.15, 0.2) is 23.4 Å². The van der Waals surface area contributed by atoms with E-state index in [4.69, 9.17) is 11.6 Å². The minimum absolute atomic E-state index is 0.216. The summed E-state index contributed by atoms with van der Waals surface area (Å²) in [6, 6.07) is 5.79. The van der Waals surface area contributed by atoms with Crippen molar-refractivity contribution >= 4 is 40.2 Å². The highest BCUT2D eigenvalue weighted by Gasteiger charge is 2.11. The SMILES string of the molecule is CCCn1c(SCCC(C)=O)nc2cc(Cl)ccc21. The molecule has 19 heavy (non-hydrogen) atoms. The zero-order valence-corrected chi connectivity index (χ0v) is 12.7. The number of aryl methyl sites for hydroxylation is 1. The molecule has 1 aromatic carbocycles. The van der Waals surface area contributed by atoms with Gasteiger partial charge in [0.15, 0.2) is 5.16 Å². The van der Waals surface area contributed by atoms with Gasteiger partial charge in [0.05, 0.1) is 11.0 Å². The summed E-state index contributed by atoms with van der Waals surface area (Å²) >= 11 is 7.64. The molecule has 1 heterocycles. The molecule has 0 aliphatic carbocycles. The number of nitrogens with zero attached hydrogens (tertiary/aromatic N) is 2. The molecule has 0 bridgehead atoms. The Morgan fingerprint density at radius 3 is 2.95 bits per heavy atom. The largest absolute Gasteiger partial charge is 0.319 e. The van der Waals surface area contributed by atoms with E-state index >= 15 is 0 Å². The van der Waals surface area contributed by atoms with Gasteiger partial charge in [0.25, 0.3) is 0 Å². The van der Waals surface area contributed by atoms with Crippen LogP contribution < -0.4 is 0 Å². The first-order chi connectivity index (χ1) is 9.11. The van der Waals surface area contributed by atoms with E-state index in [-0.39, 0.29) is 5.78 Å². The zero-order chi connectivity index (χ0) is 13.8. The number of rotatable bonds is 6. The topological polar surface area (TPSA) is 34.9 Å². The number of imidazole rings is 1. The number of hydrogen-bond acceptors (Lipinski definition) is 3. The summed E-state index contributed by atoms with van der Waals surface area (Å²) in [7, 11) is 0. The normalized spacial score (nSPS) is 11.1. The van der Waals surface area contributed by atoms with E-state index in [0.29, 0.717) is 11.4 Å². The molecule has 2 rings (SSSR count). The number of Topliss-reactive ketones (excluding diaryl/α,β-unsaturated/α-hetero) is 1. The van der Waals surface area contributed by atoms with E-state index in [1.165, 1.54) is 0 Å². The fourth-order valence-corrected chi connectivity index (χ4v) is 3.16. The van der Waals surface area contributed by atoms with Crippen LogP contribution in [0.4, 0.5) is 0 Å². The molecule has 5 heteroatoms. The lowest BCUT2D eigenvalue weighted by atomic mass is 10.3. The number of aromatic nitrogens is 2. The lowest BCUT2D eigenvalue weighted by Gasteiger charge is -2.06. The number of ketones is 1. The Morgan fingerprint density at radius 2 is 2.26 bits per heavy atom. The van der Waals surface area contributed by atoms with Crippen molar-refractivity contribution in [2.75, 3.05) is 5.75 Å². The molecule has 2 aromatic rings. The average Bonchev–Trinajstić information content (AvgIpc) is 2.67. The van der Waals surface area contributed by atoms with Gasteiger partial charge in [0.1, 0.15) is 5.78 Å². The smallest absolute Gasteiger partial charge is 0.169 e. The van der Waals surface area contributed by atoms with Gasteiger partial charge in [-0.1, -0.05) is 30.3 Å². The van der Waals surface area contributed by atoms with Crippen LogP contribution in [0.2, 0.25) is 5.02 Å². The number of hydrogen-bond donors (Lipinski definition) is 0. The maximum absolute atomic E-state index is 11.0. The number of carbonyl (C=O) groups is 1. The molecule has 0 radical (unpaired) electrons. The van der Waals surface area contributed by atoms with Crippen LogP contribution in [0, 0.1) is 0 Å². The van der Waals surface area contributed by atoms with Crippen LogP contribution in [0.1, 0.15) is 26.7 Å². The minimum atomic E-state index is 0.216. The van der Waals surface area contributed by atoms with Gasteiger partial charge in [-0.3, -0.25) is 4.79 Å². The van der Waals surface area contributed by atoms with E-state index in [2.05, 4.69) is 16.5 Å². The van der Waals surface area contributed by atoms with Crippen LogP contribution >= 0.6 is 23.4 Å². The molecule has 0 aliphatic rings. The van der Waals surface area contributed by atoms with Crippen molar-refractivity contribution in [3.05, 3.63) is 23.2 Å². The highest BCUT2D eigenvalue weighted by Crippen LogP contribution is 2.26. The maximum Gasteiger partial charge on any atom is 0.169 e. The quantitative estimate of drug-likeness (QED) is 0.750. The third-order valence-electron chi connectivity index (χ3n) is 2.81. The molecule has 0 N–H and O–H groups in total. The highest BCUT2D eigenvalue weighted by molar-refractivity contribution is 7.99. The van der Waals surface area contributed by atoms with Crippen molar-refractivity contribution < 1.29 is 4.79 Å². The van der Waals surface area contributed by atoms with Gasteiger partial charge in [-0.25, -0.2) is 4.98 Å². The Labute approximate surface area is 122 Å². The van der Waals surface area contributed by atoms with Gasteiger partial charge in [0.2, 0.25) is 0 Å². The second kappa shape index (κ2) is 6.44.